The fourth-order valence-electron chi connectivity index (χ4n) is 2.49. The number of amides is 1. The minimum atomic E-state index is -1.19. The van der Waals surface area contributed by atoms with E-state index in [-0.39, 0.29) is 24.0 Å². The lowest BCUT2D eigenvalue weighted by Gasteiger charge is -2.29. The van der Waals surface area contributed by atoms with Crippen LogP contribution < -0.4 is 0 Å². The highest BCUT2D eigenvalue weighted by Crippen LogP contribution is 2.21. The van der Waals surface area contributed by atoms with Gasteiger partial charge < -0.3 is 10.0 Å². The fraction of sp³-hybridized carbons (Fsp3) is 0.286. The second kappa shape index (κ2) is 5.55. The summed E-state index contributed by atoms with van der Waals surface area (Å²) in [7, 11) is 0. The fourth-order valence-corrected chi connectivity index (χ4v) is 2.49. The summed E-state index contributed by atoms with van der Waals surface area (Å²) < 4.78 is 14.8. The Bertz CT molecular complexity index is 743. The molecule has 2 heterocycles. The number of hydrogen-bond donors (Lipinski definition) is 1. The van der Waals surface area contributed by atoms with Crippen LogP contribution in [0, 0.1) is 5.82 Å². The molecule has 114 valence electrons. The van der Waals surface area contributed by atoms with E-state index in [4.69, 9.17) is 5.11 Å². The zero-order valence-electron chi connectivity index (χ0n) is 11.6. The van der Waals surface area contributed by atoms with Crippen LogP contribution in [-0.2, 0) is 24.3 Å². The number of aromatic carboxylic acids is 1. The number of rotatable bonds is 3. The number of nitrogens with zero attached hydrogens (tertiary/aromatic N) is 4. The molecule has 0 radical (unpaired) electrons. The van der Waals surface area contributed by atoms with Crippen molar-refractivity contribution in [3.63, 3.8) is 0 Å². The maximum atomic E-state index is 13.6. The van der Waals surface area contributed by atoms with E-state index in [0.29, 0.717) is 25.1 Å². The molecular weight excluding hydrogens is 291 g/mol. The molecule has 8 heteroatoms. The van der Waals surface area contributed by atoms with E-state index in [0.717, 1.165) is 5.56 Å². The first-order valence-electron chi connectivity index (χ1n) is 6.72. The van der Waals surface area contributed by atoms with Crippen LogP contribution in [0.4, 0.5) is 4.39 Å². The first kappa shape index (κ1) is 14.2. The third-order valence-corrected chi connectivity index (χ3v) is 3.62. The van der Waals surface area contributed by atoms with Gasteiger partial charge >= 0.3 is 5.97 Å². The molecule has 1 aliphatic heterocycles. The second-order valence-corrected chi connectivity index (χ2v) is 5.05. The average molecular weight is 304 g/mol. The smallest absolute Gasteiger partial charge is 0.358 e. The van der Waals surface area contributed by atoms with Crippen molar-refractivity contribution in [3.8, 4) is 0 Å². The number of carboxylic acids is 1. The first-order chi connectivity index (χ1) is 10.5. The van der Waals surface area contributed by atoms with Gasteiger partial charge in [0.05, 0.1) is 6.20 Å². The Morgan fingerprint density at radius 1 is 1.36 bits per heavy atom. The lowest BCUT2D eigenvalue weighted by molar-refractivity contribution is -0.133. The second-order valence-electron chi connectivity index (χ2n) is 5.05. The highest BCUT2D eigenvalue weighted by molar-refractivity contribution is 5.84. The summed E-state index contributed by atoms with van der Waals surface area (Å²) in [5.74, 6) is -1.65. The Labute approximate surface area is 125 Å². The van der Waals surface area contributed by atoms with Gasteiger partial charge in [-0.15, -0.1) is 5.10 Å². The van der Waals surface area contributed by atoms with Gasteiger partial charge in [0, 0.05) is 13.1 Å². The number of hydrogen-bond acceptors (Lipinski definition) is 4. The third kappa shape index (κ3) is 2.67. The molecule has 1 amide bonds. The van der Waals surface area contributed by atoms with Gasteiger partial charge in [0.2, 0.25) is 5.91 Å². The summed E-state index contributed by atoms with van der Waals surface area (Å²) in [4.78, 5) is 24.6. The van der Waals surface area contributed by atoms with Crippen LogP contribution in [-0.4, -0.2) is 43.4 Å². The SMILES string of the molecule is O=C(O)c1cn(CC(=O)N2CCc3c(F)cccc3C2)nn1. The maximum absolute atomic E-state index is 13.6. The molecule has 0 bridgehead atoms. The lowest BCUT2D eigenvalue weighted by Crippen LogP contribution is -2.38. The van der Waals surface area contributed by atoms with E-state index in [1.165, 1.54) is 16.9 Å². The largest absolute Gasteiger partial charge is 0.476 e. The average Bonchev–Trinajstić information content (AvgIpc) is 2.96. The first-order valence-corrected chi connectivity index (χ1v) is 6.72. The molecule has 2 aromatic rings. The van der Waals surface area contributed by atoms with E-state index in [1.807, 2.05) is 0 Å². The Kier molecular flexibility index (Phi) is 3.58. The van der Waals surface area contributed by atoms with Crippen molar-refractivity contribution in [2.24, 2.45) is 0 Å². The number of carbonyl (C=O) groups excluding carboxylic acids is 1. The van der Waals surface area contributed by atoms with Crippen molar-refractivity contribution in [2.45, 2.75) is 19.5 Å². The Hall–Kier alpha value is -2.77. The standard InChI is InChI=1S/C14H13FN4O3/c15-11-3-1-2-9-6-18(5-4-10(9)11)13(20)8-19-7-12(14(21)22)16-17-19/h1-3,7H,4-6,8H2,(H,21,22). The van der Waals surface area contributed by atoms with Crippen molar-refractivity contribution in [2.75, 3.05) is 6.54 Å². The summed E-state index contributed by atoms with van der Waals surface area (Å²) in [6.45, 7) is 0.671. The molecular formula is C14H13FN4O3. The molecule has 0 saturated carbocycles. The molecule has 7 nitrogen and oxygen atoms in total. The monoisotopic (exact) mass is 304 g/mol. The van der Waals surface area contributed by atoms with Crippen molar-refractivity contribution in [1.82, 2.24) is 19.9 Å². The van der Waals surface area contributed by atoms with Crippen LogP contribution in [0.2, 0.25) is 0 Å². The van der Waals surface area contributed by atoms with Crippen LogP contribution in [0.3, 0.4) is 0 Å². The summed E-state index contributed by atoms with van der Waals surface area (Å²) in [6.07, 6.45) is 1.67. The summed E-state index contributed by atoms with van der Waals surface area (Å²) in [6, 6.07) is 4.84. The number of carboxylic acid groups (broad SMARTS) is 1. The molecule has 0 fully saturated rings. The van der Waals surface area contributed by atoms with Crippen LogP contribution in [0.15, 0.2) is 24.4 Å². The third-order valence-electron chi connectivity index (χ3n) is 3.62. The number of halogens is 1. The quantitative estimate of drug-likeness (QED) is 0.901. The molecule has 22 heavy (non-hydrogen) atoms. The lowest BCUT2D eigenvalue weighted by atomic mass is 9.99. The molecule has 1 aromatic carbocycles. The highest BCUT2D eigenvalue weighted by atomic mass is 19.1. The number of carbonyl (C=O) groups is 2. The molecule has 0 atom stereocenters. The van der Waals surface area contributed by atoms with Gasteiger partial charge in [-0.1, -0.05) is 17.3 Å². The summed E-state index contributed by atoms with van der Waals surface area (Å²) in [5, 5.41) is 15.8. The summed E-state index contributed by atoms with van der Waals surface area (Å²) in [5.41, 5.74) is 1.24. The van der Waals surface area contributed by atoms with Gasteiger partial charge in [-0.3, -0.25) is 4.79 Å². The van der Waals surface area contributed by atoms with Crippen LogP contribution in [0.25, 0.3) is 0 Å². The van der Waals surface area contributed by atoms with Gasteiger partial charge in [-0.2, -0.15) is 0 Å². The van der Waals surface area contributed by atoms with E-state index in [1.54, 1.807) is 17.0 Å². The molecule has 1 aliphatic rings. The van der Waals surface area contributed by atoms with Gasteiger partial charge in [0.15, 0.2) is 5.69 Å². The molecule has 1 aromatic heterocycles. The molecule has 1 N–H and O–H groups in total. The Morgan fingerprint density at radius 2 is 2.18 bits per heavy atom. The number of benzene rings is 1. The molecule has 0 saturated heterocycles. The predicted octanol–water partition coefficient (Wildman–Crippen LogP) is 0.700. The van der Waals surface area contributed by atoms with Crippen molar-refractivity contribution >= 4 is 11.9 Å². The van der Waals surface area contributed by atoms with E-state index < -0.39 is 5.97 Å². The van der Waals surface area contributed by atoms with Crippen LogP contribution >= 0.6 is 0 Å². The predicted molar refractivity (Wildman–Crippen MR) is 72.5 cm³/mol. The van der Waals surface area contributed by atoms with Crippen LogP contribution in [0.1, 0.15) is 21.6 Å². The minimum absolute atomic E-state index is 0.0923. The number of aromatic nitrogens is 3. The Balaban J connectivity index is 1.70. The van der Waals surface area contributed by atoms with Crippen LogP contribution in [0.5, 0.6) is 0 Å². The van der Waals surface area contributed by atoms with Gasteiger partial charge in [0.25, 0.3) is 0 Å². The zero-order valence-corrected chi connectivity index (χ0v) is 11.6. The van der Waals surface area contributed by atoms with Gasteiger partial charge in [-0.05, 0) is 23.6 Å². The zero-order chi connectivity index (χ0) is 15.7. The minimum Gasteiger partial charge on any atom is -0.476 e. The van der Waals surface area contributed by atoms with E-state index in [9.17, 15) is 14.0 Å². The topological polar surface area (TPSA) is 88.3 Å². The normalized spacial score (nSPS) is 13.8. The van der Waals surface area contributed by atoms with Crippen molar-refractivity contribution in [1.29, 1.82) is 0 Å². The molecule has 3 rings (SSSR count). The Morgan fingerprint density at radius 3 is 2.91 bits per heavy atom. The summed E-state index contributed by atoms with van der Waals surface area (Å²) >= 11 is 0. The van der Waals surface area contributed by atoms with Crippen molar-refractivity contribution in [3.05, 3.63) is 47.0 Å². The van der Waals surface area contributed by atoms with Gasteiger partial charge in [-0.25, -0.2) is 13.9 Å². The molecule has 0 spiro atoms. The molecule has 0 unspecified atom stereocenters. The molecule has 0 aliphatic carbocycles. The van der Waals surface area contributed by atoms with E-state index in [2.05, 4.69) is 10.3 Å². The maximum Gasteiger partial charge on any atom is 0.358 e. The highest BCUT2D eigenvalue weighted by Gasteiger charge is 2.23. The number of fused-ring (bicyclic) bond motifs is 1. The van der Waals surface area contributed by atoms with Gasteiger partial charge in [0.1, 0.15) is 12.4 Å². The van der Waals surface area contributed by atoms with E-state index >= 15 is 0 Å². The van der Waals surface area contributed by atoms with Crippen molar-refractivity contribution < 1.29 is 19.1 Å².